The third-order valence-corrected chi connectivity index (χ3v) is 7.67. The molecule has 7 heteroatoms. The summed E-state index contributed by atoms with van der Waals surface area (Å²) < 4.78 is 34.1. The van der Waals surface area contributed by atoms with Gasteiger partial charge in [0.25, 0.3) is 0 Å². The Morgan fingerprint density at radius 1 is 0.939 bits per heavy atom. The van der Waals surface area contributed by atoms with Gasteiger partial charge in [0.1, 0.15) is 0 Å². The maximum atomic E-state index is 13.4. The van der Waals surface area contributed by atoms with Crippen molar-refractivity contribution in [1.29, 1.82) is 0 Å². The Bertz CT molecular complexity index is 898. The summed E-state index contributed by atoms with van der Waals surface area (Å²) in [6.45, 7) is 7.03. The summed E-state index contributed by atoms with van der Waals surface area (Å²) in [5.74, 6) is 0.339. The van der Waals surface area contributed by atoms with Crippen LogP contribution in [0.4, 0.5) is 0 Å². The van der Waals surface area contributed by atoms with Crippen LogP contribution in [0.15, 0.2) is 59.5 Å². The van der Waals surface area contributed by atoms with E-state index >= 15 is 0 Å². The van der Waals surface area contributed by atoms with Gasteiger partial charge in [-0.15, -0.1) is 0 Å². The van der Waals surface area contributed by atoms with Crippen molar-refractivity contribution in [2.24, 2.45) is 5.92 Å². The number of sulfonamides is 1. The van der Waals surface area contributed by atoms with Gasteiger partial charge in [-0.2, -0.15) is 4.31 Å². The number of unbranched alkanes of at least 4 members (excludes halogenated alkanes) is 1. The van der Waals surface area contributed by atoms with Crippen LogP contribution in [0.25, 0.3) is 0 Å². The maximum absolute atomic E-state index is 13.4. The van der Waals surface area contributed by atoms with Gasteiger partial charge in [0.2, 0.25) is 10.0 Å². The molecule has 6 nitrogen and oxygen atoms in total. The number of nitrogens with zero attached hydrogens (tertiary/aromatic N) is 1. The highest BCUT2D eigenvalue weighted by molar-refractivity contribution is 7.89. The molecule has 0 bridgehead atoms. The van der Waals surface area contributed by atoms with Crippen molar-refractivity contribution in [3.05, 3.63) is 65.7 Å². The van der Waals surface area contributed by atoms with Gasteiger partial charge in [-0.25, -0.2) is 8.42 Å². The minimum atomic E-state index is -3.77. The van der Waals surface area contributed by atoms with Gasteiger partial charge in [0.15, 0.2) is 0 Å². The smallest absolute Gasteiger partial charge is 0.243 e. The Labute approximate surface area is 199 Å². The summed E-state index contributed by atoms with van der Waals surface area (Å²) in [5, 5.41) is 19.8. The molecule has 2 aromatic carbocycles. The van der Waals surface area contributed by atoms with Crippen LogP contribution >= 0.6 is 0 Å². The largest absolute Gasteiger partial charge is 0.395 e. The molecule has 0 amide bonds. The van der Waals surface area contributed by atoms with Gasteiger partial charge in [-0.3, -0.25) is 0 Å². The molecule has 0 aliphatic heterocycles. The second-order valence-corrected chi connectivity index (χ2v) is 10.8. The predicted octanol–water partition coefficient (Wildman–Crippen LogP) is 4.52. The molecule has 0 heterocycles. The lowest BCUT2D eigenvalue weighted by Crippen LogP contribution is -2.43. The minimum Gasteiger partial charge on any atom is -0.395 e. The molecule has 2 aromatic rings. The molecule has 0 saturated carbocycles. The van der Waals surface area contributed by atoms with Crippen molar-refractivity contribution in [2.75, 3.05) is 19.8 Å². The van der Waals surface area contributed by atoms with Crippen LogP contribution in [0.2, 0.25) is 0 Å². The first-order valence-corrected chi connectivity index (χ1v) is 13.2. The Kier molecular flexibility index (Phi) is 11.5. The monoisotopic (exact) mass is 477 g/mol. The first-order valence-electron chi connectivity index (χ1n) is 11.8. The number of ether oxygens (including phenoxy) is 1. The van der Waals surface area contributed by atoms with Crippen LogP contribution < -0.4 is 0 Å². The lowest BCUT2D eigenvalue weighted by atomic mass is 10.1. The van der Waals surface area contributed by atoms with E-state index in [9.17, 15) is 18.6 Å². The lowest BCUT2D eigenvalue weighted by Gasteiger charge is -2.30. The Morgan fingerprint density at radius 3 is 2.18 bits per heavy atom. The fourth-order valence-electron chi connectivity index (χ4n) is 3.61. The number of benzene rings is 2. The van der Waals surface area contributed by atoms with E-state index in [1.165, 1.54) is 16.4 Å². The van der Waals surface area contributed by atoms with Gasteiger partial charge in [0, 0.05) is 19.2 Å². The van der Waals surface area contributed by atoms with Crippen molar-refractivity contribution in [3.63, 3.8) is 0 Å². The first-order chi connectivity index (χ1) is 15.8. The average Bonchev–Trinajstić information content (AvgIpc) is 2.80. The van der Waals surface area contributed by atoms with E-state index in [1.807, 2.05) is 30.3 Å². The summed E-state index contributed by atoms with van der Waals surface area (Å²) in [6, 6.07) is 15.8. The van der Waals surface area contributed by atoms with Crippen LogP contribution in [-0.2, 0) is 21.4 Å². The number of aliphatic hydroxyl groups is 2. The molecule has 2 rings (SSSR count). The van der Waals surface area contributed by atoms with Crippen molar-refractivity contribution in [3.8, 4) is 0 Å². The average molecular weight is 478 g/mol. The second-order valence-electron chi connectivity index (χ2n) is 8.91. The topological polar surface area (TPSA) is 87.1 Å². The van der Waals surface area contributed by atoms with Gasteiger partial charge in [-0.05, 0) is 61.8 Å². The van der Waals surface area contributed by atoms with Gasteiger partial charge < -0.3 is 14.9 Å². The second kappa shape index (κ2) is 13.8. The summed E-state index contributed by atoms with van der Waals surface area (Å²) in [5.41, 5.74) is 1.79. The molecule has 0 radical (unpaired) electrons. The molecule has 0 aromatic heterocycles. The van der Waals surface area contributed by atoms with Crippen LogP contribution in [0.5, 0.6) is 0 Å². The maximum Gasteiger partial charge on any atom is 0.243 e. The molecule has 0 unspecified atom stereocenters. The van der Waals surface area contributed by atoms with Crippen LogP contribution in [0.1, 0.15) is 63.7 Å². The zero-order valence-corrected chi connectivity index (χ0v) is 20.9. The standard InChI is InChI=1S/C26H39NO5S/c1-21(2)16-17-27(33(30,31)26-14-12-24(13-15-26)22(3)29)25(19-28)11-7-8-18-32-20-23-9-5-4-6-10-23/h4-6,9-10,12-15,21-22,25,28-29H,7-8,11,16-20H2,1-3H3/t22-,25-/m0/s1. The number of rotatable bonds is 15. The summed E-state index contributed by atoms with van der Waals surface area (Å²) in [7, 11) is -3.77. The van der Waals surface area contributed by atoms with E-state index in [0.29, 0.717) is 44.1 Å². The molecular formula is C26H39NO5S. The van der Waals surface area contributed by atoms with Crippen molar-refractivity contribution >= 4 is 10.0 Å². The molecule has 0 aliphatic rings. The van der Waals surface area contributed by atoms with E-state index in [0.717, 1.165) is 18.4 Å². The van der Waals surface area contributed by atoms with Gasteiger partial charge in [-0.1, -0.05) is 56.3 Å². The van der Waals surface area contributed by atoms with E-state index < -0.39 is 22.2 Å². The minimum absolute atomic E-state index is 0.181. The van der Waals surface area contributed by atoms with E-state index in [2.05, 4.69) is 13.8 Å². The third-order valence-electron chi connectivity index (χ3n) is 5.70. The highest BCUT2D eigenvalue weighted by Gasteiger charge is 2.31. The Balaban J connectivity index is 2.00. The molecule has 0 saturated heterocycles. The molecule has 2 atom stereocenters. The zero-order chi connectivity index (χ0) is 24.3. The van der Waals surface area contributed by atoms with Crippen LogP contribution in [0, 0.1) is 5.92 Å². The van der Waals surface area contributed by atoms with Crippen molar-refractivity contribution in [2.45, 2.75) is 70.1 Å². The third kappa shape index (κ3) is 8.83. The summed E-state index contributed by atoms with van der Waals surface area (Å²) >= 11 is 0. The molecular weight excluding hydrogens is 438 g/mol. The quantitative estimate of drug-likeness (QED) is 0.368. The Morgan fingerprint density at radius 2 is 1.61 bits per heavy atom. The molecule has 184 valence electrons. The molecule has 0 aliphatic carbocycles. The summed E-state index contributed by atoms with van der Waals surface area (Å²) in [6.07, 6.45) is 2.17. The predicted molar refractivity (Wildman–Crippen MR) is 131 cm³/mol. The molecule has 2 N–H and O–H groups in total. The number of aliphatic hydroxyl groups excluding tert-OH is 2. The molecule has 33 heavy (non-hydrogen) atoms. The fourth-order valence-corrected chi connectivity index (χ4v) is 5.27. The van der Waals surface area contributed by atoms with Crippen LogP contribution in [0.3, 0.4) is 0 Å². The highest BCUT2D eigenvalue weighted by Crippen LogP contribution is 2.24. The molecule has 0 spiro atoms. The normalized spacial score (nSPS) is 14.0. The zero-order valence-electron chi connectivity index (χ0n) is 20.1. The SMILES string of the molecule is CC(C)CCN([C@H](CO)CCCCOCc1ccccc1)S(=O)(=O)c1ccc([C@H](C)O)cc1. The van der Waals surface area contributed by atoms with Crippen molar-refractivity contribution in [1.82, 2.24) is 4.31 Å². The van der Waals surface area contributed by atoms with E-state index in [1.54, 1.807) is 19.1 Å². The highest BCUT2D eigenvalue weighted by atomic mass is 32.2. The fraction of sp³-hybridized carbons (Fsp3) is 0.538. The van der Waals surface area contributed by atoms with Gasteiger partial charge in [0.05, 0.1) is 24.2 Å². The van der Waals surface area contributed by atoms with Crippen molar-refractivity contribution < 1.29 is 23.4 Å². The molecule has 0 fully saturated rings. The number of hydrogen-bond donors (Lipinski definition) is 2. The van der Waals surface area contributed by atoms with Crippen LogP contribution in [-0.4, -0.2) is 48.7 Å². The van der Waals surface area contributed by atoms with E-state index in [-0.39, 0.29) is 11.5 Å². The first kappa shape index (κ1) is 27.5. The van der Waals surface area contributed by atoms with E-state index in [4.69, 9.17) is 4.74 Å². The lowest BCUT2D eigenvalue weighted by molar-refractivity contribution is 0.112. The van der Waals surface area contributed by atoms with Gasteiger partial charge >= 0.3 is 0 Å². The number of hydrogen-bond acceptors (Lipinski definition) is 5. The Hall–Kier alpha value is -1.77. The summed E-state index contributed by atoms with van der Waals surface area (Å²) in [4.78, 5) is 0.181.